The highest BCUT2D eigenvalue weighted by atomic mass is 16.4. The van der Waals surface area contributed by atoms with E-state index >= 15 is 0 Å². The molecule has 0 aliphatic rings. The number of aryl methyl sites for hydroxylation is 1. The molecule has 2 aromatic carbocycles. The van der Waals surface area contributed by atoms with E-state index in [4.69, 9.17) is 5.73 Å². The number of hydrogen-bond donors (Lipinski definition) is 4. The number of carboxylic acid groups (broad SMARTS) is 1. The molecular formula is C20H21N5O2. The lowest BCUT2D eigenvalue weighted by atomic mass is 10.1. The molecule has 2 heterocycles. The second-order valence-electron chi connectivity index (χ2n) is 6.54. The number of aromatic amines is 1. The van der Waals surface area contributed by atoms with Gasteiger partial charge in [-0.2, -0.15) is 5.10 Å². The maximum Gasteiger partial charge on any atom is 0.335 e. The Morgan fingerprint density at radius 3 is 2.89 bits per heavy atom. The molecule has 27 heavy (non-hydrogen) atoms. The molecular weight excluding hydrogens is 342 g/mol. The van der Waals surface area contributed by atoms with Gasteiger partial charge in [-0.1, -0.05) is 12.1 Å². The largest absolute Gasteiger partial charge is 0.478 e. The standard InChI is InChI=1S/C20H21N5O2/c1-25-18-9-12(20(26)27)5-6-14(18)19(24-25)17-10-15-13(11-22-8-7-21)3-2-4-16(15)23-17/h2-6,9-10,22-23H,7-8,11,21H2,1H3,(H,26,27). The first kappa shape index (κ1) is 17.3. The van der Waals surface area contributed by atoms with Crippen molar-refractivity contribution in [3.8, 4) is 11.4 Å². The SMILES string of the molecule is Cn1nc(-c2cc3c(CNCCN)cccc3[nH]2)c2ccc(C(=O)O)cc21. The van der Waals surface area contributed by atoms with Crippen molar-refractivity contribution in [2.75, 3.05) is 13.1 Å². The van der Waals surface area contributed by atoms with Gasteiger partial charge in [0.15, 0.2) is 0 Å². The van der Waals surface area contributed by atoms with Crippen LogP contribution in [0.4, 0.5) is 0 Å². The summed E-state index contributed by atoms with van der Waals surface area (Å²) in [7, 11) is 1.82. The van der Waals surface area contributed by atoms with Crippen LogP contribution in [0, 0.1) is 0 Å². The Kier molecular flexibility index (Phi) is 4.39. The summed E-state index contributed by atoms with van der Waals surface area (Å²) in [6.07, 6.45) is 0. The summed E-state index contributed by atoms with van der Waals surface area (Å²) in [4.78, 5) is 14.7. The molecule has 0 spiro atoms. The molecule has 5 N–H and O–H groups in total. The first-order valence-corrected chi connectivity index (χ1v) is 8.80. The molecule has 4 rings (SSSR count). The molecule has 0 saturated heterocycles. The number of carboxylic acids is 1. The number of aromatic nitrogens is 3. The predicted molar refractivity (Wildman–Crippen MR) is 106 cm³/mol. The highest BCUT2D eigenvalue weighted by molar-refractivity contribution is 6.00. The number of nitrogens with one attached hydrogen (secondary N) is 2. The van der Waals surface area contributed by atoms with Crippen LogP contribution in [0.3, 0.4) is 0 Å². The van der Waals surface area contributed by atoms with E-state index in [-0.39, 0.29) is 5.56 Å². The Labute approximate surface area is 155 Å². The quantitative estimate of drug-likeness (QED) is 0.394. The summed E-state index contributed by atoms with van der Waals surface area (Å²) in [6.45, 7) is 2.12. The van der Waals surface area contributed by atoms with E-state index < -0.39 is 5.97 Å². The second-order valence-corrected chi connectivity index (χ2v) is 6.54. The summed E-state index contributed by atoms with van der Waals surface area (Å²) in [6, 6.07) is 13.3. The number of hydrogen-bond acceptors (Lipinski definition) is 4. The van der Waals surface area contributed by atoms with E-state index in [1.165, 1.54) is 5.56 Å². The van der Waals surface area contributed by atoms with Gasteiger partial charge < -0.3 is 21.1 Å². The third-order valence-electron chi connectivity index (χ3n) is 4.74. The summed E-state index contributed by atoms with van der Waals surface area (Å²) < 4.78 is 1.71. The van der Waals surface area contributed by atoms with Crippen LogP contribution in [0.15, 0.2) is 42.5 Å². The van der Waals surface area contributed by atoms with E-state index in [0.29, 0.717) is 6.54 Å². The zero-order valence-electron chi connectivity index (χ0n) is 15.0. The van der Waals surface area contributed by atoms with Crippen LogP contribution in [0.5, 0.6) is 0 Å². The van der Waals surface area contributed by atoms with Gasteiger partial charge in [0.05, 0.1) is 16.8 Å². The first-order chi connectivity index (χ1) is 13.1. The molecule has 4 aromatic rings. The van der Waals surface area contributed by atoms with Gasteiger partial charge in [-0.3, -0.25) is 4.68 Å². The van der Waals surface area contributed by atoms with E-state index in [9.17, 15) is 9.90 Å². The molecule has 0 aliphatic heterocycles. The Balaban J connectivity index is 1.80. The van der Waals surface area contributed by atoms with Crippen molar-refractivity contribution in [3.05, 3.63) is 53.6 Å². The van der Waals surface area contributed by atoms with Crippen molar-refractivity contribution in [2.45, 2.75) is 6.54 Å². The van der Waals surface area contributed by atoms with Crippen LogP contribution in [-0.4, -0.2) is 38.9 Å². The maximum absolute atomic E-state index is 11.2. The Bertz CT molecular complexity index is 1140. The smallest absolute Gasteiger partial charge is 0.335 e. The Morgan fingerprint density at radius 1 is 1.26 bits per heavy atom. The lowest BCUT2D eigenvalue weighted by molar-refractivity contribution is 0.0697. The van der Waals surface area contributed by atoms with Gasteiger partial charge >= 0.3 is 5.97 Å². The van der Waals surface area contributed by atoms with E-state index in [1.807, 2.05) is 25.2 Å². The number of fused-ring (bicyclic) bond motifs is 2. The number of rotatable bonds is 6. The van der Waals surface area contributed by atoms with Crippen LogP contribution in [0.1, 0.15) is 15.9 Å². The molecule has 7 heteroatoms. The first-order valence-electron chi connectivity index (χ1n) is 8.80. The van der Waals surface area contributed by atoms with E-state index in [0.717, 1.165) is 46.3 Å². The molecule has 2 aromatic heterocycles. The molecule has 0 atom stereocenters. The third kappa shape index (κ3) is 3.07. The highest BCUT2D eigenvalue weighted by Gasteiger charge is 2.15. The minimum absolute atomic E-state index is 0.252. The Morgan fingerprint density at radius 2 is 2.11 bits per heavy atom. The summed E-state index contributed by atoms with van der Waals surface area (Å²) in [5.74, 6) is -0.945. The molecule has 0 aliphatic carbocycles. The van der Waals surface area contributed by atoms with E-state index in [1.54, 1.807) is 16.8 Å². The fraction of sp³-hybridized carbons (Fsp3) is 0.200. The molecule has 0 radical (unpaired) electrons. The number of carbonyl (C=O) groups is 1. The number of nitrogens with two attached hydrogens (primary N) is 1. The fourth-order valence-electron chi connectivity index (χ4n) is 3.41. The predicted octanol–water partition coefficient (Wildman–Crippen LogP) is 2.47. The lowest BCUT2D eigenvalue weighted by Crippen LogP contribution is -2.21. The average Bonchev–Trinajstić information content (AvgIpc) is 3.23. The van der Waals surface area contributed by atoms with Gasteiger partial charge in [0.25, 0.3) is 0 Å². The average molecular weight is 363 g/mol. The normalized spacial score (nSPS) is 11.5. The summed E-state index contributed by atoms with van der Waals surface area (Å²) >= 11 is 0. The van der Waals surface area contributed by atoms with Gasteiger partial charge in [0, 0.05) is 43.0 Å². The van der Waals surface area contributed by atoms with Crippen LogP contribution in [-0.2, 0) is 13.6 Å². The zero-order valence-corrected chi connectivity index (χ0v) is 15.0. The molecule has 0 bridgehead atoms. The van der Waals surface area contributed by atoms with Crippen molar-refractivity contribution in [1.29, 1.82) is 0 Å². The van der Waals surface area contributed by atoms with Crippen molar-refractivity contribution in [1.82, 2.24) is 20.1 Å². The molecule has 0 saturated carbocycles. The van der Waals surface area contributed by atoms with Crippen LogP contribution < -0.4 is 11.1 Å². The van der Waals surface area contributed by atoms with Crippen LogP contribution >= 0.6 is 0 Å². The molecule has 0 fully saturated rings. The highest BCUT2D eigenvalue weighted by Crippen LogP contribution is 2.31. The Hall–Kier alpha value is -3.16. The van der Waals surface area contributed by atoms with Crippen molar-refractivity contribution in [3.63, 3.8) is 0 Å². The topological polar surface area (TPSA) is 109 Å². The maximum atomic E-state index is 11.2. The van der Waals surface area contributed by atoms with Crippen LogP contribution in [0.2, 0.25) is 0 Å². The molecule has 138 valence electrons. The number of nitrogens with zero attached hydrogens (tertiary/aromatic N) is 2. The minimum Gasteiger partial charge on any atom is -0.478 e. The fourth-order valence-corrected chi connectivity index (χ4v) is 3.41. The van der Waals surface area contributed by atoms with Crippen molar-refractivity contribution >= 4 is 27.8 Å². The molecule has 0 amide bonds. The van der Waals surface area contributed by atoms with Gasteiger partial charge in [-0.05, 0) is 35.9 Å². The van der Waals surface area contributed by atoms with Crippen LogP contribution in [0.25, 0.3) is 33.2 Å². The monoisotopic (exact) mass is 363 g/mol. The van der Waals surface area contributed by atoms with Crippen molar-refractivity contribution in [2.24, 2.45) is 12.8 Å². The lowest BCUT2D eigenvalue weighted by Gasteiger charge is -2.04. The van der Waals surface area contributed by atoms with E-state index in [2.05, 4.69) is 27.5 Å². The molecule has 0 unspecified atom stereocenters. The number of benzene rings is 2. The summed E-state index contributed by atoms with van der Waals surface area (Å²) in [5, 5.41) is 19.2. The van der Waals surface area contributed by atoms with Gasteiger partial charge in [0.2, 0.25) is 0 Å². The number of H-pyrrole nitrogens is 1. The minimum atomic E-state index is -0.945. The van der Waals surface area contributed by atoms with Gasteiger partial charge in [-0.25, -0.2) is 4.79 Å². The van der Waals surface area contributed by atoms with Crippen molar-refractivity contribution < 1.29 is 9.90 Å². The van der Waals surface area contributed by atoms with Gasteiger partial charge in [0.1, 0.15) is 5.69 Å². The van der Waals surface area contributed by atoms with Gasteiger partial charge in [-0.15, -0.1) is 0 Å². The zero-order chi connectivity index (χ0) is 19.0. The summed E-state index contributed by atoms with van der Waals surface area (Å²) in [5.41, 5.74) is 10.5. The second kappa shape index (κ2) is 6.86. The number of aromatic carboxylic acids is 1. The molecule has 7 nitrogen and oxygen atoms in total. The third-order valence-corrected chi connectivity index (χ3v) is 4.74.